The number of halogens is 5. The van der Waals surface area contributed by atoms with Crippen molar-refractivity contribution in [3.63, 3.8) is 0 Å². The molecule has 46 heavy (non-hydrogen) atoms. The number of benzene rings is 3. The molecule has 0 atom stereocenters. The summed E-state index contributed by atoms with van der Waals surface area (Å²) >= 11 is 12.2. The lowest BCUT2D eigenvalue weighted by atomic mass is 9.91. The molecule has 3 aromatic carbocycles. The van der Waals surface area contributed by atoms with E-state index in [4.69, 9.17) is 37.1 Å². The quantitative estimate of drug-likeness (QED) is 0.0771. The summed E-state index contributed by atoms with van der Waals surface area (Å²) in [7, 11) is 0.145. The van der Waals surface area contributed by atoms with E-state index in [1.54, 1.807) is 37.4 Å². The Morgan fingerprint density at radius 1 is 0.870 bits per heavy atom. The summed E-state index contributed by atoms with van der Waals surface area (Å²) in [6.45, 7) is 10.6. The number of hydrogen-bond acceptors (Lipinski definition) is 5. The number of methoxy groups -OCH3 is 1. The van der Waals surface area contributed by atoms with Crippen LogP contribution in [0.3, 0.4) is 0 Å². The first-order chi connectivity index (χ1) is 21.4. The van der Waals surface area contributed by atoms with Crippen molar-refractivity contribution in [2.24, 2.45) is 0 Å². The van der Waals surface area contributed by atoms with E-state index in [2.05, 4.69) is 4.90 Å². The van der Waals surface area contributed by atoms with Crippen molar-refractivity contribution < 1.29 is 31.9 Å². The molecule has 0 aromatic heterocycles. The summed E-state index contributed by atoms with van der Waals surface area (Å²) in [5, 5.41) is 0.832. The van der Waals surface area contributed by atoms with E-state index in [1.807, 2.05) is 76.3 Å². The Bertz CT molecular complexity index is 1420. The summed E-state index contributed by atoms with van der Waals surface area (Å²) in [6.07, 6.45) is -5.18. The Morgan fingerprint density at radius 3 is 1.80 bits per heavy atom. The van der Waals surface area contributed by atoms with E-state index in [1.165, 1.54) is 0 Å². The molecule has 0 radical (unpaired) electrons. The molecular formula is C35H42Cl2F3NO4Si. The Morgan fingerprint density at radius 2 is 1.37 bits per heavy atom. The van der Waals surface area contributed by atoms with Crippen molar-refractivity contribution in [2.45, 2.75) is 57.4 Å². The maximum absolute atomic E-state index is 14.3. The summed E-state index contributed by atoms with van der Waals surface area (Å²) in [5.74, 6) is -1.73. The zero-order valence-corrected chi connectivity index (χ0v) is 29.8. The van der Waals surface area contributed by atoms with Gasteiger partial charge >= 0.3 is 12.1 Å². The van der Waals surface area contributed by atoms with Gasteiger partial charge in [-0.1, -0.05) is 80.4 Å². The van der Waals surface area contributed by atoms with Gasteiger partial charge < -0.3 is 18.8 Å². The highest BCUT2D eigenvalue weighted by molar-refractivity contribution is 6.74. The highest BCUT2D eigenvalue weighted by atomic mass is 35.5. The highest BCUT2D eigenvalue weighted by Crippen LogP contribution is 2.42. The van der Waals surface area contributed by atoms with Crippen LogP contribution in [-0.4, -0.2) is 59.2 Å². The molecule has 0 unspecified atom stereocenters. The normalized spacial score (nSPS) is 13.1. The Kier molecular flexibility index (Phi) is 12.8. The first kappa shape index (κ1) is 37.5. The Balaban J connectivity index is 1.70. The average Bonchev–Trinajstić information content (AvgIpc) is 2.98. The largest absolute Gasteiger partial charge is 0.540 e. The standard InChI is InChI=1S/C35H42Cl2F3NO4Si/c1-34(2,3)46(6,7)45-32(35(38,39)40)30(33(42)43-5)22-24-8-18-29(19-9-24)44-21-20-41(4)23-31(25-10-14-27(36)15-11-25)26-12-16-28(37)17-13-26/h8-19,31H,20-23H2,1-7H3. The molecule has 0 spiro atoms. The molecule has 0 bridgehead atoms. The third-order valence-corrected chi connectivity index (χ3v) is 13.0. The topological polar surface area (TPSA) is 48.0 Å². The molecule has 0 aliphatic rings. The van der Waals surface area contributed by atoms with Crippen molar-refractivity contribution in [3.8, 4) is 5.75 Å². The fraction of sp³-hybridized carbons (Fsp3) is 0.400. The second-order valence-electron chi connectivity index (χ2n) is 12.7. The molecule has 0 aliphatic carbocycles. The van der Waals surface area contributed by atoms with Crippen molar-refractivity contribution in [1.29, 1.82) is 0 Å². The van der Waals surface area contributed by atoms with Crippen LogP contribution in [-0.2, 0) is 20.4 Å². The van der Waals surface area contributed by atoms with E-state index < -0.39 is 36.8 Å². The highest BCUT2D eigenvalue weighted by Gasteiger charge is 2.47. The third-order valence-electron chi connectivity index (χ3n) is 8.21. The Hall–Kier alpha value is -2.98. The number of esters is 1. The maximum Gasteiger partial charge on any atom is 0.448 e. The molecule has 3 rings (SSSR count). The van der Waals surface area contributed by atoms with Crippen molar-refractivity contribution in [3.05, 3.63) is 111 Å². The van der Waals surface area contributed by atoms with E-state index in [0.29, 0.717) is 41.1 Å². The van der Waals surface area contributed by atoms with Crippen molar-refractivity contribution >= 4 is 37.5 Å². The Labute approximate surface area is 281 Å². The zero-order valence-electron chi connectivity index (χ0n) is 27.3. The van der Waals surface area contributed by atoms with Crippen molar-refractivity contribution in [2.75, 3.05) is 33.9 Å². The van der Waals surface area contributed by atoms with Crippen LogP contribution in [0.4, 0.5) is 13.2 Å². The molecule has 0 amide bonds. The number of nitrogens with zero attached hydrogens (tertiary/aromatic N) is 1. The fourth-order valence-corrected chi connectivity index (χ4v) is 5.80. The van der Waals surface area contributed by atoms with E-state index in [9.17, 15) is 18.0 Å². The van der Waals surface area contributed by atoms with Crippen LogP contribution in [0.5, 0.6) is 5.75 Å². The molecule has 0 heterocycles. The number of carbonyl (C=O) groups is 1. The van der Waals surface area contributed by atoms with Crippen LogP contribution in [0.2, 0.25) is 28.2 Å². The van der Waals surface area contributed by atoms with Gasteiger partial charge in [0.15, 0.2) is 5.76 Å². The molecule has 3 aromatic rings. The van der Waals surface area contributed by atoms with Gasteiger partial charge in [0.2, 0.25) is 8.32 Å². The first-order valence-corrected chi connectivity index (χ1v) is 18.6. The molecule has 0 aliphatic heterocycles. The second kappa shape index (κ2) is 15.7. The number of likely N-dealkylation sites (N-methyl/N-ethyl adjacent to an activating group) is 1. The minimum atomic E-state index is -4.87. The minimum Gasteiger partial charge on any atom is -0.540 e. The third kappa shape index (κ3) is 10.5. The number of rotatable bonds is 13. The van der Waals surface area contributed by atoms with Gasteiger partial charge in [-0.05, 0) is 78.3 Å². The maximum atomic E-state index is 14.3. The number of carbonyl (C=O) groups excluding carboxylic acids is 1. The van der Waals surface area contributed by atoms with Gasteiger partial charge in [-0.2, -0.15) is 13.2 Å². The van der Waals surface area contributed by atoms with Gasteiger partial charge in [-0.3, -0.25) is 0 Å². The molecule has 250 valence electrons. The number of alkyl halides is 3. The molecule has 11 heteroatoms. The average molecular weight is 697 g/mol. The van der Waals surface area contributed by atoms with Gasteiger partial charge in [0.1, 0.15) is 12.4 Å². The summed E-state index contributed by atoms with van der Waals surface area (Å²) in [4.78, 5) is 14.8. The van der Waals surface area contributed by atoms with E-state index in [0.717, 1.165) is 18.2 Å². The van der Waals surface area contributed by atoms with Crippen LogP contribution in [0, 0.1) is 0 Å². The smallest absolute Gasteiger partial charge is 0.448 e. The van der Waals surface area contributed by atoms with Crippen LogP contribution in [0.25, 0.3) is 0 Å². The van der Waals surface area contributed by atoms with Crippen molar-refractivity contribution in [1.82, 2.24) is 4.90 Å². The predicted molar refractivity (Wildman–Crippen MR) is 181 cm³/mol. The number of ether oxygens (including phenoxy) is 2. The lowest BCUT2D eigenvalue weighted by molar-refractivity contribution is -0.140. The summed E-state index contributed by atoms with van der Waals surface area (Å²) in [6, 6.07) is 22.2. The second-order valence-corrected chi connectivity index (χ2v) is 18.3. The summed E-state index contributed by atoms with van der Waals surface area (Å²) < 4.78 is 59.1. The molecule has 0 saturated heterocycles. The lowest BCUT2D eigenvalue weighted by Gasteiger charge is -2.38. The van der Waals surface area contributed by atoms with Crippen LogP contribution in [0.15, 0.2) is 84.1 Å². The fourth-order valence-electron chi connectivity index (χ4n) is 4.49. The van der Waals surface area contributed by atoms with Gasteiger partial charge in [0.05, 0.1) is 12.7 Å². The predicted octanol–water partition coefficient (Wildman–Crippen LogP) is 9.69. The SMILES string of the molecule is COC(=O)C(Cc1ccc(OCCN(C)CC(c2ccc(Cl)cc2)c2ccc(Cl)cc2)cc1)=C(O[Si](C)(C)C(C)(C)C)C(F)(F)F. The van der Waals surface area contributed by atoms with E-state index >= 15 is 0 Å². The van der Waals surface area contributed by atoms with Crippen LogP contribution < -0.4 is 4.74 Å². The lowest BCUT2D eigenvalue weighted by Crippen LogP contribution is -2.43. The molecule has 5 nitrogen and oxygen atoms in total. The molecule has 0 N–H and O–H groups in total. The van der Waals surface area contributed by atoms with Gasteiger partial charge in [-0.15, -0.1) is 0 Å². The number of hydrogen-bond donors (Lipinski definition) is 0. The number of allylic oxidation sites excluding steroid dienone is 1. The van der Waals surface area contributed by atoms with Gasteiger partial charge in [0, 0.05) is 35.5 Å². The zero-order chi connectivity index (χ0) is 34.3. The first-order valence-electron chi connectivity index (χ1n) is 14.9. The van der Waals surface area contributed by atoms with Gasteiger partial charge in [0.25, 0.3) is 0 Å². The monoisotopic (exact) mass is 695 g/mol. The van der Waals surface area contributed by atoms with E-state index in [-0.39, 0.29) is 12.3 Å². The minimum absolute atomic E-state index is 0.0816. The van der Waals surface area contributed by atoms with Gasteiger partial charge in [-0.25, -0.2) is 4.79 Å². The van der Waals surface area contributed by atoms with Crippen LogP contribution >= 0.6 is 23.2 Å². The molecular weight excluding hydrogens is 654 g/mol. The molecule has 0 saturated carbocycles. The van der Waals surface area contributed by atoms with Crippen LogP contribution in [0.1, 0.15) is 43.4 Å². The summed E-state index contributed by atoms with van der Waals surface area (Å²) in [5.41, 5.74) is 2.17. The molecule has 0 fully saturated rings.